The van der Waals surface area contributed by atoms with Gasteiger partial charge in [0.15, 0.2) is 16.9 Å². The summed E-state index contributed by atoms with van der Waals surface area (Å²) in [4.78, 5) is 28.9. The van der Waals surface area contributed by atoms with Crippen LogP contribution in [0.3, 0.4) is 0 Å². The lowest BCUT2D eigenvalue weighted by Crippen LogP contribution is -2.31. The van der Waals surface area contributed by atoms with Crippen molar-refractivity contribution < 1.29 is 23.4 Å². The summed E-state index contributed by atoms with van der Waals surface area (Å²) in [6.45, 7) is 3.55. The molecule has 0 radical (unpaired) electrons. The van der Waals surface area contributed by atoms with E-state index in [1.165, 1.54) is 0 Å². The van der Waals surface area contributed by atoms with Crippen LogP contribution in [0, 0.1) is 0 Å². The van der Waals surface area contributed by atoms with Gasteiger partial charge in [-0.05, 0) is 54.8 Å². The lowest BCUT2D eigenvalue weighted by atomic mass is 9.98. The predicted molar refractivity (Wildman–Crippen MR) is 145 cm³/mol. The third kappa shape index (κ3) is 4.99. The fourth-order valence-electron chi connectivity index (χ4n) is 4.77. The van der Waals surface area contributed by atoms with E-state index in [0.29, 0.717) is 65.8 Å². The minimum atomic E-state index is -0.656. The Labute approximate surface area is 225 Å². The van der Waals surface area contributed by atoms with Crippen LogP contribution in [0.25, 0.3) is 11.0 Å². The molecular weight excluding hydrogens is 506 g/mol. The van der Waals surface area contributed by atoms with Gasteiger partial charge in [0, 0.05) is 25.3 Å². The van der Waals surface area contributed by atoms with Gasteiger partial charge in [-0.2, -0.15) is 0 Å². The van der Waals surface area contributed by atoms with Crippen LogP contribution in [0.4, 0.5) is 0 Å². The number of methoxy groups -OCH3 is 1. The second-order valence-corrected chi connectivity index (χ2v) is 9.41. The molecule has 1 aliphatic rings. The van der Waals surface area contributed by atoms with Gasteiger partial charge >= 0.3 is 0 Å². The molecule has 38 heavy (non-hydrogen) atoms. The maximum Gasteiger partial charge on any atom is 0.290 e. The molecule has 196 valence electrons. The Kier molecular flexibility index (Phi) is 7.67. The molecule has 1 amide bonds. The number of carbonyl (C=O) groups excluding carboxylic acids is 1. The maximum atomic E-state index is 13.7. The minimum Gasteiger partial charge on any atom is -0.490 e. The van der Waals surface area contributed by atoms with E-state index in [-0.39, 0.29) is 17.1 Å². The number of carbonyl (C=O) groups is 1. The Morgan fingerprint density at radius 1 is 0.974 bits per heavy atom. The number of ether oxygens (including phenoxy) is 3. The average Bonchev–Trinajstić information content (AvgIpc) is 3.21. The van der Waals surface area contributed by atoms with Crippen molar-refractivity contribution in [3.63, 3.8) is 0 Å². The van der Waals surface area contributed by atoms with Gasteiger partial charge in [0.2, 0.25) is 5.76 Å². The lowest BCUT2D eigenvalue weighted by Gasteiger charge is -2.26. The summed E-state index contributed by atoms with van der Waals surface area (Å²) < 4.78 is 23.2. The van der Waals surface area contributed by atoms with Crippen LogP contribution in [0.2, 0.25) is 5.02 Å². The molecule has 0 bridgehead atoms. The van der Waals surface area contributed by atoms with Crippen LogP contribution in [0.15, 0.2) is 75.9 Å². The minimum absolute atomic E-state index is 0.0506. The predicted octanol–water partition coefficient (Wildman–Crippen LogP) is 6.01. The number of hydrogen-bond acceptors (Lipinski definition) is 6. The Morgan fingerprint density at radius 3 is 2.55 bits per heavy atom. The van der Waals surface area contributed by atoms with Gasteiger partial charge < -0.3 is 23.5 Å². The van der Waals surface area contributed by atoms with Gasteiger partial charge in [0.1, 0.15) is 12.2 Å². The number of halogens is 1. The average molecular weight is 534 g/mol. The molecule has 2 heterocycles. The van der Waals surface area contributed by atoms with Crippen LogP contribution < -0.4 is 14.9 Å². The van der Waals surface area contributed by atoms with E-state index in [2.05, 4.69) is 0 Å². The van der Waals surface area contributed by atoms with E-state index in [4.69, 9.17) is 30.2 Å². The van der Waals surface area contributed by atoms with Crippen molar-refractivity contribution >= 4 is 28.5 Å². The topological polar surface area (TPSA) is 78.2 Å². The normalized spacial score (nSPS) is 14.7. The van der Waals surface area contributed by atoms with Gasteiger partial charge in [0.25, 0.3) is 5.91 Å². The van der Waals surface area contributed by atoms with Crippen LogP contribution in [0.5, 0.6) is 11.5 Å². The standard InChI is InChI=1S/C30H28ClNO6/c1-3-36-25-16-20(10-12-24(25)37-18-19-8-5-4-6-9-19)27-26-28(33)22-17-21(31)11-13-23(22)38-29(26)30(34)32(27)14-7-15-35-2/h4-6,8-13,16-17,27H,3,7,14-15,18H2,1-2H3. The Morgan fingerprint density at radius 2 is 1.79 bits per heavy atom. The highest BCUT2D eigenvalue weighted by atomic mass is 35.5. The second-order valence-electron chi connectivity index (χ2n) is 8.98. The Hall–Kier alpha value is -3.81. The molecule has 0 saturated heterocycles. The third-order valence-electron chi connectivity index (χ3n) is 6.50. The molecule has 7 nitrogen and oxygen atoms in total. The zero-order valence-electron chi connectivity index (χ0n) is 21.2. The molecule has 8 heteroatoms. The molecule has 0 saturated carbocycles. The summed E-state index contributed by atoms with van der Waals surface area (Å²) in [5.41, 5.74) is 2.09. The molecule has 0 N–H and O–H groups in total. The van der Waals surface area contributed by atoms with Gasteiger partial charge in [-0.25, -0.2) is 0 Å². The first-order valence-corrected chi connectivity index (χ1v) is 12.9. The zero-order chi connectivity index (χ0) is 26.6. The molecule has 4 aromatic rings. The van der Waals surface area contributed by atoms with Crippen molar-refractivity contribution in [1.82, 2.24) is 4.90 Å². The Bertz CT molecular complexity index is 1520. The molecular formula is C30H28ClNO6. The lowest BCUT2D eigenvalue weighted by molar-refractivity contribution is 0.0707. The monoisotopic (exact) mass is 533 g/mol. The second kappa shape index (κ2) is 11.3. The quantitative estimate of drug-likeness (QED) is 0.232. The van der Waals surface area contributed by atoms with Gasteiger partial charge in [-0.15, -0.1) is 0 Å². The molecule has 5 rings (SSSR count). The van der Waals surface area contributed by atoms with Crippen LogP contribution in [-0.2, 0) is 11.3 Å². The summed E-state index contributed by atoms with van der Waals surface area (Å²) in [7, 11) is 1.61. The van der Waals surface area contributed by atoms with E-state index >= 15 is 0 Å². The molecule has 0 fully saturated rings. The van der Waals surface area contributed by atoms with E-state index in [1.54, 1.807) is 30.2 Å². The number of hydrogen-bond donors (Lipinski definition) is 0. The van der Waals surface area contributed by atoms with Crippen LogP contribution in [0.1, 0.15) is 46.6 Å². The number of nitrogens with zero attached hydrogens (tertiary/aromatic N) is 1. The first-order chi connectivity index (χ1) is 18.5. The van der Waals surface area contributed by atoms with Gasteiger partial charge in [0.05, 0.1) is 23.6 Å². The molecule has 3 aromatic carbocycles. The highest BCUT2D eigenvalue weighted by molar-refractivity contribution is 6.31. The summed E-state index contributed by atoms with van der Waals surface area (Å²) in [5.74, 6) is 0.825. The van der Waals surface area contributed by atoms with Crippen LogP contribution in [-0.4, -0.2) is 37.7 Å². The SMILES string of the molecule is CCOc1cc(C2c3c(oc4ccc(Cl)cc4c3=O)C(=O)N2CCCOC)ccc1OCc1ccccc1. The molecule has 1 atom stereocenters. The van der Waals surface area contributed by atoms with Crippen molar-refractivity contribution in [3.8, 4) is 11.5 Å². The number of amides is 1. The highest BCUT2D eigenvalue weighted by Gasteiger charge is 2.42. The molecule has 1 aromatic heterocycles. The summed E-state index contributed by atoms with van der Waals surface area (Å²) in [6, 6.07) is 19.5. The summed E-state index contributed by atoms with van der Waals surface area (Å²) in [5, 5.41) is 0.752. The smallest absolute Gasteiger partial charge is 0.290 e. The van der Waals surface area contributed by atoms with E-state index < -0.39 is 6.04 Å². The fourth-order valence-corrected chi connectivity index (χ4v) is 4.94. The van der Waals surface area contributed by atoms with Gasteiger partial charge in [-0.3, -0.25) is 9.59 Å². The van der Waals surface area contributed by atoms with Crippen LogP contribution >= 0.6 is 11.6 Å². The van der Waals surface area contributed by atoms with E-state index in [0.717, 1.165) is 11.1 Å². The van der Waals surface area contributed by atoms with Crippen molar-refractivity contribution in [3.05, 3.63) is 104 Å². The number of benzene rings is 3. The number of fused-ring (bicyclic) bond motifs is 2. The first kappa shape index (κ1) is 25.8. The first-order valence-electron chi connectivity index (χ1n) is 12.5. The van der Waals surface area contributed by atoms with Gasteiger partial charge in [-0.1, -0.05) is 48.0 Å². The molecule has 1 unspecified atom stereocenters. The Balaban J connectivity index is 1.58. The van der Waals surface area contributed by atoms with Crippen molar-refractivity contribution in [2.75, 3.05) is 26.9 Å². The molecule has 1 aliphatic heterocycles. The number of rotatable bonds is 10. The molecule has 0 aliphatic carbocycles. The van der Waals surface area contributed by atoms with E-state index in [9.17, 15) is 9.59 Å². The summed E-state index contributed by atoms with van der Waals surface area (Å²) in [6.07, 6.45) is 0.600. The van der Waals surface area contributed by atoms with Crippen molar-refractivity contribution in [2.45, 2.75) is 26.0 Å². The maximum absolute atomic E-state index is 13.7. The summed E-state index contributed by atoms with van der Waals surface area (Å²) >= 11 is 6.18. The molecule has 0 spiro atoms. The van der Waals surface area contributed by atoms with Crippen molar-refractivity contribution in [2.24, 2.45) is 0 Å². The van der Waals surface area contributed by atoms with E-state index in [1.807, 2.05) is 55.5 Å². The van der Waals surface area contributed by atoms with Crippen molar-refractivity contribution in [1.29, 1.82) is 0 Å². The highest BCUT2D eigenvalue weighted by Crippen LogP contribution is 2.41. The third-order valence-corrected chi connectivity index (χ3v) is 6.73. The largest absolute Gasteiger partial charge is 0.490 e. The zero-order valence-corrected chi connectivity index (χ0v) is 22.0. The fraction of sp³-hybridized carbons (Fsp3) is 0.267.